The van der Waals surface area contributed by atoms with Crippen molar-refractivity contribution in [3.8, 4) is 0 Å². The molecule has 6 bridgehead atoms. The summed E-state index contributed by atoms with van der Waals surface area (Å²) in [6.45, 7) is 12.2. The maximum absolute atomic E-state index is 13.1. The van der Waals surface area contributed by atoms with Gasteiger partial charge in [-0.25, -0.2) is 0 Å². The summed E-state index contributed by atoms with van der Waals surface area (Å²) in [5.41, 5.74) is -0.329. The molecule has 4 heterocycles. The first-order valence-electron chi connectivity index (χ1n) is 17.9. The topological polar surface area (TPSA) is 170 Å². The van der Waals surface area contributed by atoms with Crippen LogP contribution in [0.5, 0.6) is 0 Å². The van der Waals surface area contributed by atoms with Gasteiger partial charge in [0.25, 0.3) is 0 Å². The fourth-order valence-corrected chi connectivity index (χ4v) is 8.08. The number of aliphatic hydroxyl groups excluding tert-OH is 2. The molecule has 12 nitrogen and oxygen atoms in total. The van der Waals surface area contributed by atoms with E-state index < -0.39 is 83.3 Å². The zero-order chi connectivity index (χ0) is 37.2. The van der Waals surface area contributed by atoms with E-state index in [4.69, 9.17) is 28.4 Å². The number of hydrogen-bond acceptors (Lipinski definition) is 12. The van der Waals surface area contributed by atoms with Crippen LogP contribution in [0.25, 0.3) is 0 Å². The molecule has 0 radical (unpaired) electrons. The van der Waals surface area contributed by atoms with Crippen LogP contribution in [-0.2, 0) is 38.0 Å². The molecule has 3 saturated heterocycles. The van der Waals surface area contributed by atoms with Gasteiger partial charge >= 0.3 is 5.97 Å². The van der Waals surface area contributed by atoms with Gasteiger partial charge in [0.2, 0.25) is 5.79 Å². The van der Waals surface area contributed by atoms with Crippen molar-refractivity contribution in [3.63, 3.8) is 0 Å². The third-order valence-electron chi connectivity index (χ3n) is 11.2. The molecule has 11 atom stereocenters. The molecule has 4 rings (SSSR count). The highest BCUT2D eigenvalue weighted by Gasteiger charge is 2.58. The second kappa shape index (κ2) is 15.9. The molecule has 0 spiro atoms. The predicted molar refractivity (Wildman–Crippen MR) is 184 cm³/mol. The van der Waals surface area contributed by atoms with Gasteiger partial charge in [0.15, 0.2) is 11.6 Å². The summed E-state index contributed by atoms with van der Waals surface area (Å²) in [5.74, 6) is -4.47. The molecular formula is C38H60O12. The minimum Gasteiger partial charge on any atom is -0.459 e. The van der Waals surface area contributed by atoms with Gasteiger partial charge in [0, 0.05) is 50.7 Å². The lowest BCUT2D eigenvalue weighted by atomic mass is 9.70. The van der Waals surface area contributed by atoms with Crippen LogP contribution in [0.4, 0.5) is 0 Å². The van der Waals surface area contributed by atoms with Crippen LogP contribution < -0.4 is 0 Å². The van der Waals surface area contributed by atoms with Gasteiger partial charge in [-0.05, 0) is 51.7 Å². The first-order chi connectivity index (χ1) is 23.3. The maximum Gasteiger partial charge on any atom is 0.308 e. The lowest BCUT2D eigenvalue weighted by Gasteiger charge is -2.54. The number of hydrogen-bond donors (Lipinski definition) is 4. The van der Waals surface area contributed by atoms with E-state index in [1.165, 1.54) is 21.0 Å². The third-order valence-corrected chi connectivity index (χ3v) is 11.2. The van der Waals surface area contributed by atoms with Crippen molar-refractivity contribution in [2.75, 3.05) is 14.2 Å². The molecule has 4 aliphatic heterocycles. The van der Waals surface area contributed by atoms with Gasteiger partial charge in [-0.15, -0.1) is 0 Å². The van der Waals surface area contributed by atoms with E-state index in [1.807, 2.05) is 52.8 Å². The molecule has 284 valence electrons. The van der Waals surface area contributed by atoms with Crippen LogP contribution in [0.15, 0.2) is 35.5 Å². The second-order valence-corrected chi connectivity index (χ2v) is 15.8. The van der Waals surface area contributed by atoms with E-state index >= 15 is 0 Å². The highest BCUT2D eigenvalue weighted by Crippen LogP contribution is 2.50. The number of carbonyl (C=O) groups is 2. The summed E-state index contributed by atoms with van der Waals surface area (Å²) in [6, 6.07) is 0. The Morgan fingerprint density at radius 1 is 0.980 bits per heavy atom. The fraction of sp³-hybridized carbons (Fsp3) is 0.789. The zero-order valence-electron chi connectivity index (χ0n) is 31.2. The largest absolute Gasteiger partial charge is 0.459 e. The first-order valence-corrected chi connectivity index (χ1v) is 17.9. The molecule has 0 amide bonds. The molecular weight excluding hydrogens is 648 g/mol. The summed E-state index contributed by atoms with van der Waals surface area (Å²) >= 11 is 0. The van der Waals surface area contributed by atoms with E-state index in [0.29, 0.717) is 25.7 Å². The Hall–Kier alpha value is -2.00. The first kappa shape index (κ1) is 40.8. The predicted octanol–water partition coefficient (Wildman–Crippen LogP) is 3.82. The lowest BCUT2D eigenvalue weighted by molar-refractivity contribution is -0.350. The van der Waals surface area contributed by atoms with Gasteiger partial charge in [0.05, 0.1) is 49.1 Å². The normalized spacial score (nSPS) is 42.7. The second-order valence-electron chi connectivity index (χ2n) is 15.8. The minimum atomic E-state index is -1.89. The number of aliphatic hydroxyl groups is 4. The van der Waals surface area contributed by atoms with Gasteiger partial charge in [-0.1, -0.05) is 51.5 Å². The molecule has 0 aromatic heterocycles. The van der Waals surface area contributed by atoms with Crippen LogP contribution in [0, 0.1) is 10.8 Å². The molecule has 0 aliphatic carbocycles. The van der Waals surface area contributed by atoms with Crippen LogP contribution in [0.1, 0.15) is 99.8 Å². The number of fused-ring (bicyclic) bond motifs is 6. The monoisotopic (exact) mass is 708 g/mol. The average Bonchev–Trinajstić information content (AvgIpc) is 3.00. The number of ether oxygens (including phenoxy) is 6. The highest BCUT2D eigenvalue weighted by molar-refractivity contribution is 5.88. The Balaban J connectivity index is 1.79. The van der Waals surface area contributed by atoms with Crippen molar-refractivity contribution < 1.29 is 58.4 Å². The Morgan fingerprint density at radius 2 is 1.68 bits per heavy atom. The van der Waals surface area contributed by atoms with E-state index in [9.17, 15) is 30.0 Å². The minimum absolute atomic E-state index is 0.0238. The van der Waals surface area contributed by atoms with Crippen LogP contribution in [0.3, 0.4) is 0 Å². The number of cyclic esters (lactones) is 1. The van der Waals surface area contributed by atoms with E-state index in [1.54, 1.807) is 13.2 Å². The Kier molecular flexibility index (Phi) is 13.0. The van der Waals surface area contributed by atoms with Crippen molar-refractivity contribution in [1.82, 2.24) is 0 Å². The van der Waals surface area contributed by atoms with Crippen molar-refractivity contribution in [2.24, 2.45) is 10.8 Å². The summed E-state index contributed by atoms with van der Waals surface area (Å²) in [6.07, 6.45) is 1.58. The Bertz CT molecular complexity index is 1300. The van der Waals surface area contributed by atoms with E-state index in [0.717, 1.165) is 11.1 Å². The summed E-state index contributed by atoms with van der Waals surface area (Å²) in [5, 5.41) is 46.4. The third kappa shape index (κ3) is 8.78. The maximum atomic E-state index is 13.1. The molecule has 3 fully saturated rings. The number of ketones is 1. The van der Waals surface area contributed by atoms with Gasteiger partial charge in [0.1, 0.15) is 12.2 Å². The molecule has 4 N–H and O–H groups in total. The van der Waals surface area contributed by atoms with Crippen molar-refractivity contribution in [2.45, 2.75) is 166 Å². The van der Waals surface area contributed by atoms with E-state index in [-0.39, 0.29) is 31.5 Å². The smallest absolute Gasteiger partial charge is 0.308 e. The Morgan fingerprint density at radius 3 is 2.28 bits per heavy atom. The number of methoxy groups -OCH3 is 2. The molecule has 50 heavy (non-hydrogen) atoms. The van der Waals surface area contributed by atoms with Gasteiger partial charge < -0.3 is 48.8 Å². The molecule has 0 saturated carbocycles. The molecule has 0 aromatic rings. The molecule has 11 unspecified atom stereocenters. The fourth-order valence-electron chi connectivity index (χ4n) is 8.08. The van der Waals surface area contributed by atoms with Gasteiger partial charge in [-0.3, -0.25) is 9.59 Å². The number of allylic oxidation sites excluding steroid dienone is 2. The number of rotatable bonds is 4. The van der Waals surface area contributed by atoms with Crippen LogP contribution in [0.2, 0.25) is 0 Å². The number of esters is 1. The lowest BCUT2D eigenvalue weighted by Crippen LogP contribution is -2.62. The van der Waals surface area contributed by atoms with Crippen LogP contribution >= 0.6 is 0 Å². The Labute approximate surface area is 296 Å². The zero-order valence-corrected chi connectivity index (χ0v) is 31.2. The summed E-state index contributed by atoms with van der Waals surface area (Å²) in [4.78, 5) is 25.4. The average molecular weight is 709 g/mol. The molecule has 4 aliphatic rings. The van der Waals surface area contributed by atoms with Gasteiger partial charge in [-0.2, -0.15) is 0 Å². The quantitative estimate of drug-likeness (QED) is 0.190. The van der Waals surface area contributed by atoms with Crippen molar-refractivity contribution >= 4 is 11.8 Å². The highest BCUT2D eigenvalue weighted by atomic mass is 16.7. The molecule has 12 heteroatoms. The summed E-state index contributed by atoms with van der Waals surface area (Å²) in [7, 11) is 3.07. The van der Waals surface area contributed by atoms with Crippen molar-refractivity contribution in [3.05, 3.63) is 35.5 Å². The molecule has 0 aromatic carbocycles. The van der Waals surface area contributed by atoms with Crippen LogP contribution in [-0.4, -0.2) is 113 Å². The standard InChI is InChI=1S/C38H60O12/c1-10-25-16-28-19-31(23(3)40)48-33(42)18-26(41)17-29-20-32(45-8)36(6,7)37(43,49-29)21-30-15-24(13-22(2)39)14-27(47-30)11-12-35(4,5)38(44,50-28)34(25)46-9/h10-13,23,26-32,34,40-41,43-44H,14-21H2,1-9H3/b12-11+,24-13+,25-10?. The SMILES string of the molecule is CC=C1CC2CC(C(C)O)OC(=O)CC(O)CC3CC(OC)C(C)(C)C(O)(CC4C/C(=C/C(C)=O)CC(/C=C/C(C)(C)C(O)(O2)C1OC)O4)O3. The van der Waals surface area contributed by atoms with E-state index in [2.05, 4.69) is 0 Å². The number of carbonyl (C=O) groups excluding carboxylic acids is 2. The summed E-state index contributed by atoms with van der Waals surface area (Å²) < 4.78 is 36.8. The van der Waals surface area contributed by atoms with Crippen molar-refractivity contribution in [1.29, 1.82) is 0 Å².